The van der Waals surface area contributed by atoms with E-state index in [1.165, 1.54) is 5.56 Å². The summed E-state index contributed by atoms with van der Waals surface area (Å²) in [6.07, 6.45) is -0.109. The van der Waals surface area contributed by atoms with Crippen molar-refractivity contribution in [2.45, 2.75) is 39.4 Å². The normalized spacial score (nSPS) is 11.7. The smallest absolute Gasteiger partial charge is 0.347 e. The van der Waals surface area contributed by atoms with Gasteiger partial charge in [0.05, 0.1) is 6.10 Å². The zero-order valence-electron chi connectivity index (χ0n) is 15.4. The lowest BCUT2D eigenvalue weighted by atomic mass is 10.1. The zero-order chi connectivity index (χ0) is 18.9. The Hall–Kier alpha value is -2.82. The van der Waals surface area contributed by atoms with Crippen LogP contribution in [0, 0.1) is 0 Å². The van der Waals surface area contributed by atoms with Gasteiger partial charge in [0.15, 0.2) is 6.10 Å². The standard InChI is InChI=1S/C21H25NO4/c1-15(2)25-21(24)16(3)26-19-11-9-18(10-12-19)20(23)22-14-13-17-7-5-4-6-8-17/h4-12,15-16H,13-14H2,1-3H3,(H,22,23)/t16-/m1/s1. The minimum absolute atomic E-state index is 0.139. The third-order valence-corrected chi connectivity index (χ3v) is 3.66. The Labute approximate surface area is 154 Å². The van der Waals surface area contributed by atoms with Crippen molar-refractivity contribution in [3.05, 3.63) is 65.7 Å². The fourth-order valence-electron chi connectivity index (χ4n) is 2.33. The second kappa shape index (κ2) is 9.61. The lowest BCUT2D eigenvalue weighted by Gasteiger charge is -2.16. The van der Waals surface area contributed by atoms with E-state index in [1.807, 2.05) is 30.3 Å². The van der Waals surface area contributed by atoms with E-state index in [4.69, 9.17) is 9.47 Å². The Morgan fingerprint density at radius 2 is 1.62 bits per heavy atom. The van der Waals surface area contributed by atoms with Gasteiger partial charge in [-0.1, -0.05) is 30.3 Å². The summed E-state index contributed by atoms with van der Waals surface area (Å²) in [4.78, 5) is 23.9. The van der Waals surface area contributed by atoms with Gasteiger partial charge < -0.3 is 14.8 Å². The summed E-state index contributed by atoms with van der Waals surface area (Å²) >= 11 is 0. The van der Waals surface area contributed by atoms with E-state index >= 15 is 0 Å². The van der Waals surface area contributed by atoms with Crippen molar-refractivity contribution < 1.29 is 19.1 Å². The van der Waals surface area contributed by atoms with Gasteiger partial charge in [-0.3, -0.25) is 4.79 Å². The molecule has 2 aromatic carbocycles. The van der Waals surface area contributed by atoms with Gasteiger partial charge in [0.2, 0.25) is 0 Å². The van der Waals surface area contributed by atoms with E-state index < -0.39 is 12.1 Å². The molecule has 138 valence electrons. The lowest BCUT2D eigenvalue weighted by molar-refractivity contribution is -0.154. The third-order valence-electron chi connectivity index (χ3n) is 3.66. The van der Waals surface area contributed by atoms with Crippen LogP contribution in [0.4, 0.5) is 0 Å². The molecule has 0 aromatic heterocycles. The molecule has 0 fully saturated rings. The van der Waals surface area contributed by atoms with E-state index in [9.17, 15) is 9.59 Å². The predicted molar refractivity (Wildman–Crippen MR) is 100 cm³/mol. The predicted octanol–water partition coefficient (Wildman–Crippen LogP) is 3.38. The first-order valence-corrected chi connectivity index (χ1v) is 8.75. The zero-order valence-corrected chi connectivity index (χ0v) is 15.4. The first-order valence-electron chi connectivity index (χ1n) is 8.75. The third kappa shape index (κ3) is 6.24. The van der Waals surface area contributed by atoms with Crippen molar-refractivity contribution in [2.75, 3.05) is 6.54 Å². The number of rotatable bonds is 8. The summed E-state index contributed by atoms with van der Waals surface area (Å²) < 4.78 is 10.6. The molecule has 0 heterocycles. The summed E-state index contributed by atoms with van der Waals surface area (Å²) in [6, 6.07) is 16.7. The molecule has 1 N–H and O–H groups in total. The molecule has 0 radical (unpaired) electrons. The number of benzene rings is 2. The van der Waals surface area contributed by atoms with Gasteiger partial charge >= 0.3 is 5.97 Å². The molecular formula is C21H25NO4. The summed E-state index contributed by atoms with van der Waals surface area (Å²) in [5.41, 5.74) is 1.72. The van der Waals surface area contributed by atoms with Crippen LogP contribution in [-0.4, -0.2) is 30.6 Å². The topological polar surface area (TPSA) is 64.6 Å². The van der Waals surface area contributed by atoms with Crippen LogP contribution in [0.15, 0.2) is 54.6 Å². The number of hydrogen-bond donors (Lipinski definition) is 1. The summed E-state index contributed by atoms with van der Waals surface area (Å²) in [6.45, 7) is 5.78. The maximum absolute atomic E-state index is 12.2. The number of esters is 1. The first-order chi connectivity index (χ1) is 12.5. The second-order valence-electron chi connectivity index (χ2n) is 6.26. The van der Waals surface area contributed by atoms with E-state index in [1.54, 1.807) is 45.0 Å². The molecule has 1 atom stereocenters. The maximum Gasteiger partial charge on any atom is 0.347 e. The van der Waals surface area contributed by atoms with E-state index in [-0.39, 0.29) is 12.0 Å². The first kappa shape index (κ1) is 19.5. The number of nitrogens with one attached hydrogen (secondary N) is 1. The van der Waals surface area contributed by atoms with Gasteiger partial charge in [-0.2, -0.15) is 0 Å². The van der Waals surface area contributed by atoms with Gasteiger partial charge in [0, 0.05) is 12.1 Å². The molecule has 0 aliphatic heterocycles. The molecule has 0 spiro atoms. The van der Waals surface area contributed by atoms with Crippen molar-refractivity contribution in [1.82, 2.24) is 5.32 Å². The molecule has 0 aliphatic rings. The van der Waals surface area contributed by atoms with Crippen molar-refractivity contribution in [2.24, 2.45) is 0 Å². The van der Waals surface area contributed by atoms with Crippen molar-refractivity contribution >= 4 is 11.9 Å². The molecule has 0 unspecified atom stereocenters. The largest absolute Gasteiger partial charge is 0.479 e. The van der Waals surface area contributed by atoms with Crippen LogP contribution in [0.3, 0.4) is 0 Å². The Balaban J connectivity index is 1.82. The minimum atomic E-state index is -0.706. The molecule has 0 saturated heterocycles. The summed E-state index contributed by atoms with van der Waals surface area (Å²) in [5, 5.41) is 2.89. The number of carbonyl (C=O) groups excluding carboxylic acids is 2. The second-order valence-corrected chi connectivity index (χ2v) is 6.26. The summed E-state index contributed by atoms with van der Waals surface area (Å²) in [5.74, 6) is -0.0403. The van der Waals surface area contributed by atoms with Crippen LogP contribution in [0.5, 0.6) is 5.75 Å². The van der Waals surface area contributed by atoms with Gasteiger partial charge in [-0.05, 0) is 57.0 Å². The van der Waals surface area contributed by atoms with Crippen LogP contribution < -0.4 is 10.1 Å². The number of amides is 1. The van der Waals surface area contributed by atoms with Crippen LogP contribution in [0.1, 0.15) is 36.7 Å². The molecule has 1 amide bonds. The van der Waals surface area contributed by atoms with E-state index in [0.29, 0.717) is 17.9 Å². The monoisotopic (exact) mass is 355 g/mol. The average Bonchev–Trinajstić information content (AvgIpc) is 2.62. The maximum atomic E-state index is 12.2. The highest BCUT2D eigenvalue weighted by Gasteiger charge is 2.17. The summed E-state index contributed by atoms with van der Waals surface area (Å²) in [7, 11) is 0. The van der Waals surface area contributed by atoms with Crippen molar-refractivity contribution in [3.8, 4) is 5.75 Å². The lowest BCUT2D eigenvalue weighted by Crippen LogP contribution is -2.28. The van der Waals surface area contributed by atoms with Gasteiger partial charge in [0.25, 0.3) is 5.91 Å². The minimum Gasteiger partial charge on any atom is -0.479 e. The highest BCUT2D eigenvalue weighted by atomic mass is 16.6. The van der Waals surface area contributed by atoms with Crippen LogP contribution in [-0.2, 0) is 16.0 Å². The van der Waals surface area contributed by atoms with Gasteiger partial charge in [-0.15, -0.1) is 0 Å². The molecule has 2 aromatic rings. The Bertz CT molecular complexity index is 711. The van der Waals surface area contributed by atoms with E-state index in [2.05, 4.69) is 5.32 Å². The molecule has 5 heteroatoms. The SMILES string of the molecule is CC(C)OC(=O)[C@@H](C)Oc1ccc(C(=O)NCCc2ccccc2)cc1. The Morgan fingerprint density at radius 1 is 0.962 bits per heavy atom. The highest BCUT2D eigenvalue weighted by molar-refractivity contribution is 5.94. The molecule has 0 aliphatic carbocycles. The van der Waals surface area contributed by atoms with Crippen LogP contribution >= 0.6 is 0 Å². The number of carbonyl (C=O) groups is 2. The molecular weight excluding hydrogens is 330 g/mol. The molecule has 2 rings (SSSR count). The molecule has 0 bridgehead atoms. The van der Waals surface area contributed by atoms with Crippen molar-refractivity contribution in [3.63, 3.8) is 0 Å². The van der Waals surface area contributed by atoms with Crippen LogP contribution in [0.2, 0.25) is 0 Å². The van der Waals surface area contributed by atoms with Crippen LogP contribution in [0.25, 0.3) is 0 Å². The molecule has 5 nitrogen and oxygen atoms in total. The van der Waals surface area contributed by atoms with Gasteiger partial charge in [-0.25, -0.2) is 4.79 Å². The highest BCUT2D eigenvalue weighted by Crippen LogP contribution is 2.15. The Morgan fingerprint density at radius 3 is 2.23 bits per heavy atom. The van der Waals surface area contributed by atoms with Crippen molar-refractivity contribution in [1.29, 1.82) is 0 Å². The van der Waals surface area contributed by atoms with E-state index in [0.717, 1.165) is 6.42 Å². The molecule has 26 heavy (non-hydrogen) atoms. The number of hydrogen-bond acceptors (Lipinski definition) is 4. The Kier molecular flexibility index (Phi) is 7.21. The quantitative estimate of drug-likeness (QED) is 0.737. The fraction of sp³-hybridized carbons (Fsp3) is 0.333. The molecule has 0 saturated carbocycles. The van der Waals surface area contributed by atoms with Gasteiger partial charge in [0.1, 0.15) is 5.75 Å². The fourth-order valence-corrected chi connectivity index (χ4v) is 2.33. The number of ether oxygens (including phenoxy) is 2. The average molecular weight is 355 g/mol.